The zero-order valence-corrected chi connectivity index (χ0v) is 9.01. The second kappa shape index (κ2) is 2.95. The Labute approximate surface area is 88.5 Å². The van der Waals surface area contributed by atoms with Crippen molar-refractivity contribution in [3.05, 3.63) is 24.2 Å². The molecule has 2 aromatic rings. The third kappa shape index (κ3) is 1.28. The molecule has 2 aromatic heterocycles. The van der Waals surface area contributed by atoms with E-state index in [9.17, 15) is 0 Å². The van der Waals surface area contributed by atoms with Crippen molar-refractivity contribution in [2.75, 3.05) is 11.4 Å². The minimum absolute atomic E-state index is 0.659. The Morgan fingerprint density at radius 1 is 1.40 bits per heavy atom. The molecule has 15 heavy (non-hydrogen) atoms. The van der Waals surface area contributed by atoms with Gasteiger partial charge in [-0.05, 0) is 32.4 Å². The molecule has 1 aliphatic heterocycles. The normalized spacial score (nSPS) is 20.7. The second-order valence-corrected chi connectivity index (χ2v) is 4.18. The van der Waals surface area contributed by atoms with Gasteiger partial charge >= 0.3 is 0 Å². The van der Waals surface area contributed by atoms with Gasteiger partial charge in [-0.15, -0.1) is 0 Å². The van der Waals surface area contributed by atoms with Crippen LogP contribution in [0.5, 0.6) is 0 Å². The molecule has 1 fully saturated rings. The molecule has 4 heteroatoms. The standard InChI is InChI=1S/C11H14N4/c1-8-5-6-14(8)10-3-4-11-12-9(2)13-15(11)7-10/h3-4,7-8H,5-6H2,1-2H3. The molecule has 0 aliphatic carbocycles. The van der Waals surface area contributed by atoms with Crippen LogP contribution in [0, 0.1) is 6.92 Å². The second-order valence-electron chi connectivity index (χ2n) is 4.18. The van der Waals surface area contributed by atoms with E-state index < -0.39 is 0 Å². The highest BCUT2D eigenvalue weighted by atomic mass is 15.3. The lowest BCUT2D eigenvalue weighted by molar-refractivity contribution is 0.480. The molecular formula is C11H14N4. The SMILES string of the molecule is Cc1nc2ccc(N3CCC3C)cn2n1. The maximum absolute atomic E-state index is 4.32. The number of hydrogen-bond acceptors (Lipinski definition) is 3. The molecule has 3 heterocycles. The predicted octanol–water partition coefficient (Wildman–Crippen LogP) is 1.64. The lowest BCUT2D eigenvalue weighted by Gasteiger charge is -2.40. The smallest absolute Gasteiger partial charge is 0.155 e. The fraction of sp³-hybridized carbons (Fsp3) is 0.455. The van der Waals surface area contributed by atoms with Crippen LogP contribution in [0.3, 0.4) is 0 Å². The average molecular weight is 202 g/mol. The fourth-order valence-corrected chi connectivity index (χ4v) is 2.05. The average Bonchev–Trinajstić information content (AvgIpc) is 2.55. The molecule has 0 N–H and O–H groups in total. The number of aromatic nitrogens is 3. The summed E-state index contributed by atoms with van der Waals surface area (Å²) in [7, 11) is 0. The number of hydrogen-bond donors (Lipinski definition) is 0. The van der Waals surface area contributed by atoms with E-state index in [0.29, 0.717) is 6.04 Å². The van der Waals surface area contributed by atoms with Gasteiger partial charge < -0.3 is 4.90 Å². The van der Waals surface area contributed by atoms with E-state index in [4.69, 9.17) is 0 Å². The first-order valence-corrected chi connectivity index (χ1v) is 5.34. The van der Waals surface area contributed by atoms with Crippen LogP contribution in [0.15, 0.2) is 18.3 Å². The Morgan fingerprint density at radius 2 is 2.27 bits per heavy atom. The Balaban J connectivity index is 2.05. The summed E-state index contributed by atoms with van der Waals surface area (Å²) in [5, 5.41) is 4.32. The number of rotatable bonds is 1. The predicted molar refractivity (Wildman–Crippen MR) is 59.1 cm³/mol. The molecular weight excluding hydrogens is 188 g/mol. The third-order valence-corrected chi connectivity index (χ3v) is 3.07. The quantitative estimate of drug-likeness (QED) is 0.704. The van der Waals surface area contributed by atoms with E-state index in [1.165, 1.54) is 12.1 Å². The van der Waals surface area contributed by atoms with Crippen molar-refractivity contribution in [1.29, 1.82) is 0 Å². The zero-order chi connectivity index (χ0) is 10.4. The van der Waals surface area contributed by atoms with Crippen LogP contribution in [-0.4, -0.2) is 27.2 Å². The Morgan fingerprint density at radius 3 is 2.93 bits per heavy atom. The number of nitrogens with zero attached hydrogens (tertiary/aromatic N) is 4. The molecule has 1 aliphatic rings. The summed E-state index contributed by atoms with van der Waals surface area (Å²) in [4.78, 5) is 6.70. The summed E-state index contributed by atoms with van der Waals surface area (Å²) < 4.78 is 1.86. The maximum atomic E-state index is 4.32. The van der Waals surface area contributed by atoms with E-state index in [1.54, 1.807) is 0 Å². The fourth-order valence-electron chi connectivity index (χ4n) is 2.05. The van der Waals surface area contributed by atoms with E-state index in [2.05, 4.69) is 34.2 Å². The molecule has 0 spiro atoms. The number of fused-ring (bicyclic) bond motifs is 1. The first kappa shape index (κ1) is 8.71. The van der Waals surface area contributed by atoms with E-state index in [-0.39, 0.29) is 0 Å². The van der Waals surface area contributed by atoms with Crippen LogP contribution in [0.1, 0.15) is 19.2 Å². The summed E-state index contributed by atoms with van der Waals surface area (Å²) in [6.45, 7) is 5.32. The van der Waals surface area contributed by atoms with E-state index in [1.807, 2.05) is 17.5 Å². The molecule has 0 aromatic carbocycles. The summed E-state index contributed by atoms with van der Waals surface area (Å²) in [5.74, 6) is 0.823. The van der Waals surface area contributed by atoms with Crippen LogP contribution in [0.25, 0.3) is 5.65 Å². The summed E-state index contributed by atoms with van der Waals surface area (Å²) >= 11 is 0. The minimum Gasteiger partial charge on any atom is -0.367 e. The molecule has 1 saturated heterocycles. The molecule has 4 nitrogen and oxygen atoms in total. The van der Waals surface area contributed by atoms with Gasteiger partial charge in [-0.3, -0.25) is 0 Å². The highest BCUT2D eigenvalue weighted by Gasteiger charge is 2.23. The van der Waals surface area contributed by atoms with Gasteiger partial charge in [-0.2, -0.15) is 5.10 Å². The lowest BCUT2D eigenvalue weighted by Crippen LogP contribution is -2.45. The maximum Gasteiger partial charge on any atom is 0.155 e. The monoisotopic (exact) mass is 202 g/mol. The van der Waals surface area contributed by atoms with Crippen LogP contribution >= 0.6 is 0 Å². The van der Waals surface area contributed by atoms with Crippen LogP contribution < -0.4 is 4.90 Å². The van der Waals surface area contributed by atoms with Gasteiger partial charge in [0, 0.05) is 12.6 Å². The zero-order valence-electron chi connectivity index (χ0n) is 9.01. The molecule has 0 radical (unpaired) electrons. The van der Waals surface area contributed by atoms with Gasteiger partial charge in [0.05, 0.1) is 11.9 Å². The number of anilines is 1. The Bertz CT molecular complexity index is 502. The van der Waals surface area contributed by atoms with Gasteiger partial charge in [0.2, 0.25) is 0 Å². The van der Waals surface area contributed by atoms with Crippen molar-refractivity contribution >= 4 is 11.3 Å². The molecule has 0 amide bonds. The number of aryl methyl sites for hydroxylation is 1. The van der Waals surface area contributed by atoms with Crippen molar-refractivity contribution < 1.29 is 0 Å². The van der Waals surface area contributed by atoms with Crippen LogP contribution in [-0.2, 0) is 0 Å². The van der Waals surface area contributed by atoms with Crippen molar-refractivity contribution in [3.8, 4) is 0 Å². The Kier molecular flexibility index (Phi) is 1.71. The van der Waals surface area contributed by atoms with Crippen molar-refractivity contribution in [2.45, 2.75) is 26.3 Å². The Hall–Kier alpha value is -1.58. The molecule has 0 bridgehead atoms. The summed E-state index contributed by atoms with van der Waals surface area (Å²) in [6.07, 6.45) is 3.35. The van der Waals surface area contributed by atoms with Gasteiger partial charge in [0.15, 0.2) is 5.65 Å². The third-order valence-electron chi connectivity index (χ3n) is 3.07. The summed E-state index contributed by atoms with van der Waals surface area (Å²) in [6, 6.07) is 4.81. The largest absolute Gasteiger partial charge is 0.367 e. The van der Waals surface area contributed by atoms with Crippen LogP contribution in [0.4, 0.5) is 5.69 Å². The van der Waals surface area contributed by atoms with Crippen molar-refractivity contribution in [1.82, 2.24) is 14.6 Å². The van der Waals surface area contributed by atoms with Crippen molar-refractivity contribution in [3.63, 3.8) is 0 Å². The minimum atomic E-state index is 0.659. The topological polar surface area (TPSA) is 33.4 Å². The van der Waals surface area contributed by atoms with Gasteiger partial charge in [0.25, 0.3) is 0 Å². The first-order valence-electron chi connectivity index (χ1n) is 5.34. The van der Waals surface area contributed by atoms with Gasteiger partial charge in [0.1, 0.15) is 5.82 Å². The highest BCUT2D eigenvalue weighted by molar-refractivity contribution is 5.53. The highest BCUT2D eigenvalue weighted by Crippen LogP contribution is 2.25. The molecule has 1 unspecified atom stereocenters. The number of pyridine rings is 1. The molecule has 0 saturated carbocycles. The van der Waals surface area contributed by atoms with Crippen molar-refractivity contribution in [2.24, 2.45) is 0 Å². The van der Waals surface area contributed by atoms with Crippen LogP contribution in [0.2, 0.25) is 0 Å². The van der Waals surface area contributed by atoms with Gasteiger partial charge in [-0.25, -0.2) is 9.50 Å². The lowest BCUT2D eigenvalue weighted by atomic mass is 10.0. The molecule has 1 atom stereocenters. The summed E-state index contributed by atoms with van der Waals surface area (Å²) in [5.41, 5.74) is 2.16. The van der Waals surface area contributed by atoms with E-state index >= 15 is 0 Å². The van der Waals surface area contributed by atoms with Gasteiger partial charge in [-0.1, -0.05) is 0 Å². The molecule has 3 rings (SSSR count). The van der Waals surface area contributed by atoms with E-state index in [0.717, 1.165) is 18.0 Å². The first-order chi connectivity index (χ1) is 7.24. The molecule has 78 valence electrons.